The van der Waals surface area contributed by atoms with Crippen LogP contribution < -0.4 is 16.4 Å². The highest BCUT2D eigenvalue weighted by Crippen LogP contribution is 2.06. The maximum atomic E-state index is 12.6. The van der Waals surface area contributed by atoms with Gasteiger partial charge in [0.1, 0.15) is 12.1 Å². The average molecular weight is 411 g/mol. The van der Waals surface area contributed by atoms with Crippen LogP contribution in [0.1, 0.15) is 18.4 Å². The Morgan fingerprint density at radius 3 is 2.18 bits per heavy atom. The molecule has 1 aromatic rings. The summed E-state index contributed by atoms with van der Waals surface area (Å²) < 4.78 is 0. The summed E-state index contributed by atoms with van der Waals surface area (Å²) in [6.07, 6.45) is 1.58. The molecular formula is C18H25N3O6S. The molecule has 0 aliphatic rings. The third-order valence-corrected chi connectivity index (χ3v) is 4.52. The van der Waals surface area contributed by atoms with Crippen molar-refractivity contribution in [2.24, 2.45) is 5.73 Å². The first-order valence-corrected chi connectivity index (χ1v) is 9.97. The Morgan fingerprint density at radius 2 is 1.64 bits per heavy atom. The van der Waals surface area contributed by atoms with E-state index >= 15 is 0 Å². The number of nitrogens with one attached hydrogen (secondary N) is 2. The number of hydrogen-bond acceptors (Lipinski definition) is 6. The first-order valence-electron chi connectivity index (χ1n) is 8.58. The molecule has 10 heteroatoms. The van der Waals surface area contributed by atoms with Crippen molar-refractivity contribution < 1.29 is 29.4 Å². The van der Waals surface area contributed by atoms with Crippen LogP contribution >= 0.6 is 11.8 Å². The number of benzene rings is 1. The molecule has 0 aromatic heterocycles. The largest absolute Gasteiger partial charge is 0.481 e. The molecular weight excluding hydrogens is 386 g/mol. The highest BCUT2D eigenvalue weighted by Gasteiger charge is 2.28. The Bertz CT molecular complexity index is 685. The van der Waals surface area contributed by atoms with E-state index in [-0.39, 0.29) is 12.8 Å². The first kappa shape index (κ1) is 23.4. The van der Waals surface area contributed by atoms with Gasteiger partial charge in [-0.15, -0.1) is 0 Å². The molecule has 0 saturated heterocycles. The number of carboxylic acids is 2. The molecule has 0 saturated carbocycles. The molecule has 1 rings (SSSR count). The molecule has 0 fully saturated rings. The molecule has 9 nitrogen and oxygen atoms in total. The highest BCUT2D eigenvalue weighted by molar-refractivity contribution is 7.98. The second-order valence-corrected chi connectivity index (χ2v) is 7.12. The van der Waals surface area contributed by atoms with Crippen molar-refractivity contribution in [3.05, 3.63) is 35.9 Å². The zero-order valence-electron chi connectivity index (χ0n) is 15.5. The lowest BCUT2D eigenvalue weighted by Crippen LogP contribution is -2.55. The van der Waals surface area contributed by atoms with Crippen LogP contribution in [0.4, 0.5) is 0 Å². The maximum absolute atomic E-state index is 12.6. The lowest BCUT2D eigenvalue weighted by Gasteiger charge is -2.22. The van der Waals surface area contributed by atoms with Gasteiger partial charge in [-0.05, 0) is 24.0 Å². The van der Waals surface area contributed by atoms with Gasteiger partial charge < -0.3 is 26.6 Å². The monoisotopic (exact) mass is 411 g/mol. The Kier molecular flexibility index (Phi) is 10.0. The molecule has 0 aliphatic heterocycles. The van der Waals surface area contributed by atoms with Gasteiger partial charge in [0.15, 0.2) is 0 Å². The van der Waals surface area contributed by atoms with Gasteiger partial charge in [-0.3, -0.25) is 14.4 Å². The normalized spacial score (nSPS) is 13.8. The number of nitrogens with two attached hydrogens (primary N) is 1. The van der Waals surface area contributed by atoms with Gasteiger partial charge in [0.05, 0.1) is 12.5 Å². The van der Waals surface area contributed by atoms with Crippen LogP contribution in [0.25, 0.3) is 0 Å². The SMILES string of the molecule is CSCCC(NC(=O)C(N)CC(=O)O)C(=O)NC(Cc1ccccc1)C(=O)O. The van der Waals surface area contributed by atoms with Crippen molar-refractivity contribution in [1.82, 2.24) is 10.6 Å². The third kappa shape index (κ3) is 8.40. The number of aliphatic carboxylic acids is 2. The quantitative estimate of drug-likeness (QED) is 0.317. The zero-order valence-corrected chi connectivity index (χ0v) is 16.3. The molecule has 0 radical (unpaired) electrons. The van der Waals surface area contributed by atoms with Gasteiger partial charge in [-0.1, -0.05) is 30.3 Å². The van der Waals surface area contributed by atoms with Gasteiger partial charge in [0.2, 0.25) is 11.8 Å². The second kappa shape index (κ2) is 12.0. The Balaban J connectivity index is 2.81. The average Bonchev–Trinajstić information content (AvgIpc) is 2.64. The van der Waals surface area contributed by atoms with E-state index in [1.807, 2.05) is 6.26 Å². The van der Waals surface area contributed by atoms with Crippen LogP contribution in [0.3, 0.4) is 0 Å². The maximum Gasteiger partial charge on any atom is 0.326 e. The molecule has 0 spiro atoms. The lowest BCUT2D eigenvalue weighted by molar-refractivity contribution is -0.142. The minimum absolute atomic E-state index is 0.0869. The number of hydrogen-bond donors (Lipinski definition) is 5. The predicted molar refractivity (Wildman–Crippen MR) is 105 cm³/mol. The third-order valence-electron chi connectivity index (χ3n) is 3.87. The van der Waals surface area contributed by atoms with E-state index in [0.29, 0.717) is 5.75 Å². The minimum atomic E-state index is -1.30. The van der Waals surface area contributed by atoms with E-state index in [1.165, 1.54) is 11.8 Å². The summed E-state index contributed by atoms with van der Waals surface area (Å²) in [5, 5.41) is 23.0. The molecule has 6 N–H and O–H groups in total. The summed E-state index contributed by atoms with van der Waals surface area (Å²) in [7, 11) is 0. The number of carbonyl (C=O) groups is 4. The molecule has 2 amide bonds. The summed E-state index contributed by atoms with van der Waals surface area (Å²) in [5.41, 5.74) is 6.26. The van der Waals surface area contributed by atoms with Gasteiger partial charge in [0, 0.05) is 6.42 Å². The summed E-state index contributed by atoms with van der Waals surface area (Å²) in [4.78, 5) is 46.9. The van der Waals surface area contributed by atoms with E-state index in [1.54, 1.807) is 30.3 Å². The zero-order chi connectivity index (χ0) is 21.1. The molecule has 0 aliphatic carbocycles. The fraction of sp³-hybridized carbons (Fsp3) is 0.444. The lowest BCUT2D eigenvalue weighted by atomic mass is 10.1. The van der Waals surface area contributed by atoms with E-state index < -0.39 is 48.3 Å². The molecule has 0 heterocycles. The molecule has 154 valence electrons. The van der Waals surface area contributed by atoms with Crippen molar-refractivity contribution in [3.8, 4) is 0 Å². The van der Waals surface area contributed by atoms with Crippen LogP contribution in [0.5, 0.6) is 0 Å². The fourth-order valence-corrected chi connectivity index (χ4v) is 2.86. The number of rotatable bonds is 12. The van der Waals surface area contributed by atoms with Gasteiger partial charge in [-0.2, -0.15) is 11.8 Å². The summed E-state index contributed by atoms with van der Waals surface area (Å²) >= 11 is 1.45. The smallest absolute Gasteiger partial charge is 0.326 e. The first-order chi connectivity index (χ1) is 13.2. The molecule has 0 bridgehead atoms. The molecule has 3 atom stereocenters. The standard InChI is InChI=1S/C18H25N3O6S/c1-28-8-7-13(20-16(24)12(19)10-15(22)23)17(25)21-14(18(26)27)9-11-5-3-2-4-6-11/h2-6,12-14H,7-10,19H2,1H3,(H,20,24)(H,21,25)(H,22,23)(H,26,27). The Morgan fingerprint density at radius 1 is 1.04 bits per heavy atom. The fourth-order valence-electron chi connectivity index (χ4n) is 2.39. The summed E-state index contributed by atoms with van der Waals surface area (Å²) in [6, 6.07) is 5.34. The van der Waals surface area contributed by atoms with Gasteiger partial charge in [-0.25, -0.2) is 4.79 Å². The number of thioether (sulfide) groups is 1. The van der Waals surface area contributed by atoms with Crippen LogP contribution in [-0.2, 0) is 25.6 Å². The molecule has 3 unspecified atom stereocenters. The van der Waals surface area contributed by atoms with E-state index in [4.69, 9.17) is 10.8 Å². The Labute approximate surface area is 167 Å². The number of carboxylic acid groups (broad SMARTS) is 2. The van der Waals surface area contributed by atoms with E-state index in [9.17, 15) is 24.3 Å². The van der Waals surface area contributed by atoms with E-state index in [2.05, 4.69) is 10.6 Å². The van der Waals surface area contributed by atoms with Crippen LogP contribution in [0.2, 0.25) is 0 Å². The predicted octanol–water partition coefficient (Wildman–Crippen LogP) is -0.162. The van der Waals surface area contributed by atoms with Gasteiger partial charge >= 0.3 is 11.9 Å². The highest BCUT2D eigenvalue weighted by atomic mass is 32.2. The summed E-state index contributed by atoms with van der Waals surface area (Å²) in [6.45, 7) is 0. The van der Waals surface area contributed by atoms with Crippen molar-refractivity contribution in [1.29, 1.82) is 0 Å². The van der Waals surface area contributed by atoms with Crippen LogP contribution in [0, 0.1) is 0 Å². The van der Waals surface area contributed by atoms with Crippen molar-refractivity contribution in [3.63, 3.8) is 0 Å². The second-order valence-electron chi connectivity index (χ2n) is 6.14. The van der Waals surface area contributed by atoms with Crippen LogP contribution in [0.15, 0.2) is 30.3 Å². The van der Waals surface area contributed by atoms with Crippen LogP contribution in [-0.4, -0.2) is 64.1 Å². The van der Waals surface area contributed by atoms with Crippen molar-refractivity contribution in [2.45, 2.75) is 37.4 Å². The number of amides is 2. The van der Waals surface area contributed by atoms with Gasteiger partial charge in [0.25, 0.3) is 0 Å². The van der Waals surface area contributed by atoms with Crippen molar-refractivity contribution in [2.75, 3.05) is 12.0 Å². The Hall–Kier alpha value is -2.59. The van der Waals surface area contributed by atoms with E-state index in [0.717, 1.165) is 5.56 Å². The molecule has 1 aromatic carbocycles. The number of carbonyl (C=O) groups excluding carboxylic acids is 2. The molecule has 28 heavy (non-hydrogen) atoms. The summed E-state index contributed by atoms with van der Waals surface area (Å²) in [5.74, 6) is -3.34. The topological polar surface area (TPSA) is 159 Å². The van der Waals surface area contributed by atoms with Crippen molar-refractivity contribution >= 4 is 35.5 Å². The minimum Gasteiger partial charge on any atom is -0.481 e.